The summed E-state index contributed by atoms with van der Waals surface area (Å²) in [4.78, 5) is 13.7. The van der Waals surface area contributed by atoms with E-state index in [1.54, 1.807) is 11.8 Å². The molecule has 4 saturated carbocycles. The van der Waals surface area contributed by atoms with Gasteiger partial charge in [0.1, 0.15) is 17.8 Å². The second-order valence-electron chi connectivity index (χ2n) is 13.1. The Kier molecular flexibility index (Phi) is 5.38. The number of aliphatic hydroxyl groups is 1. The number of benzene rings is 1. The summed E-state index contributed by atoms with van der Waals surface area (Å²) >= 11 is 0. The number of nitrogens with zero attached hydrogens (tertiary/aromatic N) is 3. The van der Waals surface area contributed by atoms with E-state index in [0.29, 0.717) is 29.6 Å². The van der Waals surface area contributed by atoms with Crippen LogP contribution in [-0.4, -0.2) is 38.6 Å². The number of methoxy groups -OCH3 is 1. The fourth-order valence-corrected chi connectivity index (χ4v) is 9.41. The van der Waals surface area contributed by atoms with Crippen molar-refractivity contribution < 1.29 is 14.6 Å². The van der Waals surface area contributed by atoms with Crippen LogP contribution in [-0.2, 0) is 11.3 Å². The summed E-state index contributed by atoms with van der Waals surface area (Å²) in [5, 5.41) is 19.3. The van der Waals surface area contributed by atoms with Gasteiger partial charge in [-0.25, -0.2) is 4.68 Å². The Hall–Kier alpha value is -1.95. The van der Waals surface area contributed by atoms with Crippen LogP contribution in [0.4, 0.5) is 0 Å². The smallest absolute Gasteiger partial charge is 0.157 e. The number of ether oxygens (including phenoxy) is 1. The number of fused-ring (bicyclic) bond motifs is 6. The van der Waals surface area contributed by atoms with Crippen molar-refractivity contribution in [3.05, 3.63) is 18.2 Å². The third-order valence-corrected chi connectivity index (χ3v) is 11.4. The lowest BCUT2D eigenvalue weighted by Crippen LogP contribution is -2.55. The van der Waals surface area contributed by atoms with Crippen molar-refractivity contribution in [2.45, 2.75) is 90.7 Å². The molecule has 1 aromatic carbocycles. The zero-order valence-electron chi connectivity index (χ0n) is 21.8. The van der Waals surface area contributed by atoms with Gasteiger partial charge < -0.3 is 9.84 Å². The Morgan fingerprint density at radius 1 is 1.06 bits per heavy atom. The summed E-state index contributed by atoms with van der Waals surface area (Å²) in [7, 11) is 1.64. The van der Waals surface area contributed by atoms with Crippen LogP contribution in [0.2, 0.25) is 0 Å². The molecule has 0 spiro atoms. The summed E-state index contributed by atoms with van der Waals surface area (Å²) in [5.41, 5.74) is 1.63. The molecule has 4 aliphatic carbocycles. The topological polar surface area (TPSA) is 77.2 Å². The maximum Gasteiger partial charge on any atom is 0.157 e. The molecule has 0 bridgehead atoms. The van der Waals surface area contributed by atoms with Gasteiger partial charge in [0, 0.05) is 12.0 Å². The molecule has 1 aromatic heterocycles. The van der Waals surface area contributed by atoms with Crippen molar-refractivity contribution in [1.82, 2.24) is 15.0 Å². The maximum absolute atomic E-state index is 13.7. The molecule has 35 heavy (non-hydrogen) atoms. The standard InChI is InChI=1S/C29H41N3O3/c1-27(34)13-14-28(2)18(16-27)5-7-20-21-8-9-23(29(21,3)12-11-22(20)28)26(33)17-32-25-10-6-19(35-4)15-24(25)30-31-32/h6,10,15,18,20-23,34H,5,7-9,11-14,16-17H2,1-4H3/t18-,20-,21-,22-,23+,27+,28-,29-/m0/s1. The predicted octanol–water partition coefficient (Wildman–Crippen LogP) is 5.42. The quantitative estimate of drug-likeness (QED) is 0.634. The zero-order chi connectivity index (χ0) is 24.6. The Morgan fingerprint density at radius 3 is 2.66 bits per heavy atom. The van der Waals surface area contributed by atoms with Gasteiger partial charge in [-0.2, -0.15) is 0 Å². The van der Waals surface area contributed by atoms with E-state index in [0.717, 1.165) is 60.7 Å². The van der Waals surface area contributed by atoms with Crippen molar-refractivity contribution in [3.8, 4) is 5.75 Å². The number of rotatable bonds is 4. The lowest BCUT2D eigenvalue weighted by molar-refractivity contribution is -0.151. The number of carbonyl (C=O) groups is 1. The summed E-state index contributed by atoms with van der Waals surface area (Å²) < 4.78 is 7.08. The highest BCUT2D eigenvalue weighted by molar-refractivity contribution is 5.84. The fraction of sp³-hybridized carbons (Fsp3) is 0.759. The molecular formula is C29H41N3O3. The van der Waals surface area contributed by atoms with Gasteiger partial charge in [-0.15, -0.1) is 5.10 Å². The molecule has 0 amide bonds. The van der Waals surface area contributed by atoms with E-state index < -0.39 is 5.60 Å². The molecule has 6 rings (SSSR count). The van der Waals surface area contributed by atoms with Crippen molar-refractivity contribution in [2.24, 2.45) is 40.4 Å². The summed E-state index contributed by atoms with van der Waals surface area (Å²) in [6.45, 7) is 7.31. The minimum Gasteiger partial charge on any atom is -0.497 e. The zero-order valence-corrected chi connectivity index (χ0v) is 21.8. The van der Waals surface area contributed by atoms with Crippen molar-refractivity contribution in [3.63, 3.8) is 0 Å². The molecule has 0 unspecified atom stereocenters. The predicted molar refractivity (Wildman–Crippen MR) is 135 cm³/mol. The molecule has 6 heteroatoms. The molecule has 4 aliphatic rings. The highest BCUT2D eigenvalue weighted by Crippen LogP contribution is 2.68. The lowest BCUT2D eigenvalue weighted by atomic mass is 9.44. The highest BCUT2D eigenvalue weighted by atomic mass is 16.5. The van der Waals surface area contributed by atoms with Gasteiger partial charge in [-0.3, -0.25) is 4.79 Å². The first-order valence-corrected chi connectivity index (χ1v) is 13.8. The summed E-state index contributed by atoms with van der Waals surface area (Å²) in [5.74, 6) is 3.97. The molecule has 2 aromatic rings. The van der Waals surface area contributed by atoms with Crippen molar-refractivity contribution in [2.75, 3.05) is 7.11 Å². The van der Waals surface area contributed by atoms with Gasteiger partial charge in [-0.1, -0.05) is 19.1 Å². The van der Waals surface area contributed by atoms with Gasteiger partial charge in [0.25, 0.3) is 0 Å². The summed E-state index contributed by atoms with van der Waals surface area (Å²) in [6, 6.07) is 5.73. The van der Waals surface area contributed by atoms with Gasteiger partial charge in [0.05, 0.1) is 18.2 Å². The molecular weight excluding hydrogens is 438 g/mol. The van der Waals surface area contributed by atoms with E-state index in [4.69, 9.17) is 4.74 Å². The number of Topliss-reactive ketones (excluding diaryl/α,β-unsaturated/α-hetero) is 1. The van der Waals surface area contributed by atoms with Crippen LogP contribution in [0.25, 0.3) is 11.0 Å². The number of ketones is 1. The monoisotopic (exact) mass is 479 g/mol. The van der Waals surface area contributed by atoms with Crippen molar-refractivity contribution >= 4 is 16.8 Å². The van der Waals surface area contributed by atoms with Crippen LogP contribution in [0.3, 0.4) is 0 Å². The van der Waals surface area contributed by atoms with Crippen molar-refractivity contribution in [1.29, 1.82) is 0 Å². The Morgan fingerprint density at radius 2 is 1.86 bits per heavy atom. The van der Waals surface area contributed by atoms with Gasteiger partial charge in [-0.05, 0) is 111 Å². The Balaban J connectivity index is 1.21. The second-order valence-corrected chi connectivity index (χ2v) is 13.1. The van der Waals surface area contributed by atoms with Crippen LogP contribution in [0.5, 0.6) is 5.75 Å². The summed E-state index contributed by atoms with van der Waals surface area (Å²) in [6.07, 6.45) is 10.2. The van der Waals surface area contributed by atoms with Crippen LogP contribution < -0.4 is 4.74 Å². The number of hydrogen-bond acceptors (Lipinski definition) is 5. The number of aromatic nitrogens is 3. The largest absolute Gasteiger partial charge is 0.497 e. The Labute approximate surface area is 208 Å². The minimum atomic E-state index is -0.484. The lowest BCUT2D eigenvalue weighted by Gasteiger charge is -2.61. The van der Waals surface area contributed by atoms with Crippen LogP contribution in [0, 0.1) is 40.4 Å². The molecule has 8 atom stereocenters. The van der Waals surface area contributed by atoms with Gasteiger partial charge in [0.15, 0.2) is 5.78 Å². The first-order chi connectivity index (χ1) is 16.6. The van der Waals surface area contributed by atoms with Gasteiger partial charge in [0.2, 0.25) is 0 Å². The average Bonchev–Trinajstić information content (AvgIpc) is 3.39. The third kappa shape index (κ3) is 3.57. The van der Waals surface area contributed by atoms with E-state index in [2.05, 4.69) is 24.2 Å². The van der Waals surface area contributed by atoms with E-state index >= 15 is 0 Å². The SMILES string of the molecule is COc1ccc2c(c1)nnn2CC(=O)[C@H]1CC[C@H]2[C@@H]3CC[C@H]4C[C@](C)(O)CC[C@]4(C)[C@H]3CC[C@]12C. The van der Waals surface area contributed by atoms with E-state index in [1.165, 1.54) is 25.7 Å². The van der Waals surface area contributed by atoms with Crippen LogP contribution in [0.1, 0.15) is 78.6 Å². The molecule has 0 aliphatic heterocycles. The van der Waals surface area contributed by atoms with E-state index in [1.807, 2.05) is 25.1 Å². The number of carbonyl (C=O) groups excluding carboxylic acids is 1. The molecule has 190 valence electrons. The Bertz CT molecular complexity index is 1140. The van der Waals surface area contributed by atoms with E-state index in [9.17, 15) is 9.90 Å². The third-order valence-electron chi connectivity index (χ3n) is 11.4. The molecule has 0 saturated heterocycles. The van der Waals surface area contributed by atoms with E-state index in [-0.39, 0.29) is 11.3 Å². The minimum absolute atomic E-state index is 0.0984. The molecule has 0 radical (unpaired) electrons. The number of hydrogen-bond donors (Lipinski definition) is 1. The molecule has 6 nitrogen and oxygen atoms in total. The fourth-order valence-electron chi connectivity index (χ4n) is 9.41. The normalized spacial score (nSPS) is 42.8. The molecule has 1 heterocycles. The first kappa shape index (κ1) is 23.4. The molecule has 1 N–H and O–H groups in total. The molecule has 4 fully saturated rings. The second kappa shape index (κ2) is 8.03. The van der Waals surface area contributed by atoms with Crippen LogP contribution in [0.15, 0.2) is 18.2 Å². The first-order valence-electron chi connectivity index (χ1n) is 13.8. The van der Waals surface area contributed by atoms with Gasteiger partial charge >= 0.3 is 0 Å². The van der Waals surface area contributed by atoms with Crippen LogP contribution >= 0.6 is 0 Å². The maximum atomic E-state index is 13.7. The average molecular weight is 480 g/mol. The highest BCUT2D eigenvalue weighted by Gasteiger charge is 2.61.